The molecule has 16 heteroatoms. The molecule has 6 nitrogen and oxygen atoms in total. The summed E-state index contributed by atoms with van der Waals surface area (Å²) in [7, 11) is 0.919. The van der Waals surface area contributed by atoms with E-state index in [1.54, 1.807) is 0 Å². The van der Waals surface area contributed by atoms with Gasteiger partial charge >= 0.3 is 32.7 Å². The molecule has 0 aliphatic carbocycles. The minimum atomic E-state index is -6.94. The van der Waals surface area contributed by atoms with E-state index in [-0.39, 0.29) is 45.4 Å². The van der Waals surface area contributed by atoms with Crippen molar-refractivity contribution in [3.8, 4) is 0 Å². The van der Waals surface area contributed by atoms with Gasteiger partial charge in [-0.15, -0.1) is 0 Å². The lowest BCUT2D eigenvalue weighted by atomic mass is 9.98. The molecule has 1 aliphatic heterocycles. The average molecular weight is 525 g/mol. The van der Waals surface area contributed by atoms with E-state index in [1.165, 1.54) is 26.2 Å². The number of rotatable bonds is 14. The highest BCUT2D eigenvalue weighted by Gasteiger charge is 2.81. The molecule has 0 aromatic rings. The molecule has 0 radical (unpaired) electrons. The van der Waals surface area contributed by atoms with Crippen LogP contribution in [-0.4, -0.2) is 105 Å². The van der Waals surface area contributed by atoms with Gasteiger partial charge in [-0.3, -0.25) is 4.90 Å². The number of nitrogens with zero attached hydrogens (tertiary/aromatic N) is 1. The lowest BCUT2D eigenvalue weighted by Crippen LogP contribution is -2.62. The van der Waals surface area contributed by atoms with Crippen LogP contribution in [0.15, 0.2) is 0 Å². The van der Waals surface area contributed by atoms with Gasteiger partial charge in [0.1, 0.15) is 0 Å². The lowest BCUT2D eigenvalue weighted by molar-refractivity contribution is -0.398. The number of alkyl halides is 9. The van der Waals surface area contributed by atoms with Crippen LogP contribution in [0.5, 0.6) is 0 Å². The number of halogens is 9. The van der Waals surface area contributed by atoms with E-state index in [2.05, 4.69) is 0 Å². The predicted molar refractivity (Wildman–Crippen MR) is 98.7 cm³/mol. The standard InChI is InChI=1S/C17H28F9NO5Si/c1-28-33(29-2,30-3)10-4-7-32-13(12-27-5-8-31-9-6-27)11-14(18,19)15(20,21)16(22,23)17(24,25)26/h13H,4-12H2,1-3H3. The lowest BCUT2D eigenvalue weighted by Gasteiger charge is -2.36. The summed E-state index contributed by atoms with van der Waals surface area (Å²) in [5.74, 6) is -19.3. The normalized spacial score (nSPS) is 18.5. The first-order chi connectivity index (χ1) is 15.1. The van der Waals surface area contributed by atoms with Crippen LogP contribution in [0.2, 0.25) is 6.04 Å². The molecular formula is C17H28F9NO5Si. The van der Waals surface area contributed by atoms with Crippen molar-refractivity contribution in [1.29, 1.82) is 0 Å². The summed E-state index contributed by atoms with van der Waals surface area (Å²) in [6.07, 6.45) is -10.6. The second kappa shape index (κ2) is 11.9. The second-order valence-corrected chi connectivity index (χ2v) is 10.5. The molecule has 0 bridgehead atoms. The van der Waals surface area contributed by atoms with Gasteiger partial charge in [0.05, 0.1) is 19.3 Å². The molecule has 1 rings (SSSR count). The third kappa shape index (κ3) is 7.41. The Kier molecular flexibility index (Phi) is 10.9. The Morgan fingerprint density at radius 1 is 0.848 bits per heavy atom. The van der Waals surface area contributed by atoms with Gasteiger partial charge in [-0.2, -0.15) is 39.5 Å². The molecule has 0 N–H and O–H groups in total. The summed E-state index contributed by atoms with van der Waals surface area (Å²) >= 11 is 0. The first kappa shape index (κ1) is 30.4. The maximum atomic E-state index is 14.2. The van der Waals surface area contributed by atoms with Gasteiger partial charge in [-0.1, -0.05) is 0 Å². The van der Waals surface area contributed by atoms with Crippen LogP contribution in [0.3, 0.4) is 0 Å². The van der Waals surface area contributed by atoms with Crippen LogP contribution in [0.1, 0.15) is 12.8 Å². The fourth-order valence-corrected chi connectivity index (χ4v) is 4.85. The average Bonchev–Trinajstić information content (AvgIpc) is 2.73. The van der Waals surface area contributed by atoms with Crippen molar-refractivity contribution in [2.75, 3.05) is 60.8 Å². The molecule has 0 spiro atoms. The van der Waals surface area contributed by atoms with Crippen molar-refractivity contribution >= 4 is 8.80 Å². The van der Waals surface area contributed by atoms with Crippen LogP contribution in [0.25, 0.3) is 0 Å². The zero-order valence-corrected chi connectivity index (χ0v) is 19.3. The van der Waals surface area contributed by atoms with E-state index in [0.29, 0.717) is 0 Å². The minimum Gasteiger partial charge on any atom is -0.379 e. The van der Waals surface area contributed by atoms with E-state index in [4.69, 9.17) is 22.8 Å². The highest BCUT2D eigenvalue weighted by molar-refractivity contribution is 6.60. The highest BCUT2D eigenvalue weighted by Crippen LogP contribution is 2.54. The molecule has 1 aliphatic rings. The quantitative estimate of drug-likeness (QED) is 0.195. The van der Waals surface area contributed by atoms with Crippen LogP contribution in [0.4, 0.5) is 39.5 Å². The zero-order valence-electron chi connectivity index (χ0n) is 18.3. The number of hydrogen-bond acceptors (Lipinski definition) is 6. The molecule has 1 heterocycles. The maximum absolute atomic E-state index is 14.2. The molecule has 0 aromatic heterocycles. The molecule has 0 saturated carbocycles. The van der Waals surface area contributed by atoms with E-state index >= 15 is 0 Å². The third-order valence-electron chi connectivity index (χ3n) is 5.17. The molecule has 1 unspecified atom stereocenters. The summed E-state index contributed by atoms with van der Waals surface area (Å²) in [6.45, 7) is 0.135. The summed E-state index contributed by atoms with van der Waals surface area (Å²) in [6, 6.07) is 0.152. The first-order valence-corrected chi connectivity index (χ1v) is 11.8. The molecule has 33 heavy (non-hydrogen) atoms. The fraction of sp³-hybridized carbons (Fsp3) is 1.00. The van der Waals surface area contributed by atoms with Crippen molar-refractivity contribution in [2.45, 2.75) is 48.9 Å². The second-order valence-electron chi connectivity index (χ2n) is 7.36. The molecule has 1 fully saturated rings. The van der Waals surface area contributed by atoms with Crippen molar-refractivity contribution in [2.24, 2.45) is 0 Å². The van der Waals surface area contributed by atoms with Crippen LogP contribution in [-0.2, 0) is 22.8 Å². The topological polar surface area (TPSA) is 49.4 Å². The maximum Gasteiger partial charge on any atom is 0.500 e. The van der Waals surface area contributed by atoms with E-state index in [9.17, 15) is 39.5 Å². The van der Waals surface area contributed by atoms with Gasteiger partial charge in [0, 0.05) is 60.0 Å². The molecule has 0 aromatic carbocycles. The molecule has 0 amide bonds. The Labute approximate surface area is 186 Å². The number of ether oxygens (including phenoxy) is 2. The van der Waals surface area contributed by atoms with E-state index in [1.807, 2.05) is 0 Å². The van der Waals surface area contributed by atoms with Crippen LogP contribution >= 0.6 is 0 Å². The summed E-state index contributed by atoms with van der Waals surface area (Å²) in [5.41, 5.74) is 0. The zero-order chi connectivity index (χ0) is 25.6. The fourth-order valence-electron chi connectivity index (χ4n) is 3.16. The van der Waals surface area contributed by atoms with Crippen molar-refractivity contribution in [3.63, 3.8) is 0 Å². The first-order valence-electron chi connectivity index (χ1n) is 9.86. The molecule has 1 atom stereocenters. The van der Waals surface area contributed by atoms with Crippen molar-refractivity contribution in [1.82, 2.24) is 4.90 Å². The Morgan fingerprint density at radius 3 is 1.82 bits per heavy atom. The van der Waals surface area contributed by atoms with Crippen LogP contribution in [0, 0.1) is 0 Å². The highest BCUT2D eigenvalue weighted by atomic mass is 28.4. The molecule has 1 saturated heterocycles. The monoisotopic (exact) mass is 525 g/mol. The van der Waals surface area contributed by atoms with Gasteiger partial charge in [-0.25, -0.2) is 0 Å². The Balaban J connectivity index is 2.94. The summed E-state index contributed by atoms with van der Waals surface area (Å²) in [5, 5.41) is 0. The Morgan fingerprint density at radius 2 is 1.36 bits per heavy atom. The van der Waals surface area contributed by atoms with Gasteiger partial charge in [0.25, 0.3) is 0 Å². The van der Waals surface area contributed by atoms with E-state index in [0.717, 1.165) is 0 Å². The van der Waals surface area contributed by atoms with Gasteiger partial charge in [0.2, 0.25) is 0 Å². The number of hydrogen-bond donors (Lipinski definition) is 0. The molecule has 198 valence electrons. The predicted octanol–water partition coefficient (Wildman–Crippen LogP) is 3.83. The Bertz CT molecular complexity index is 579. The number of morpholine rings is 1. The van der Waals surface area contributed by atoms with E-state index < -0.39 is 51.8 Å². The van der Waals surface area contributed by atoms with Crippen molar-refractivity contribution in [3.05, 3.63) is 0 Å². The van der Waals surface area contributed by atoms with Gasteiger partial charge < -0.3 is 22.8 Å². The van der Waals surface area contributed by atoms with Gasteiger partial charge in [-0.05, 0) is 6.42 Å². The van der Waals surface area contributed by atoms with Gasteiger partial charge in [0.15, 0.2) is 0 Å². The SMILES string of the molecule is CO[Si](CCCOC(CN1CCOCC1)CC(F)(F)C(F)(F)C(F)(F)C(F)(F)F)(OC)OC. The third-order valence-corrected chi connectivity index (χ3v) is 8.01. The Hall–Kier alpha value is -0.653. The largest absolute Gasteiger partial charge is 0.500 e. The summed E-state index contributed by atoms with van der Waals surface area (Å²) in [4.78, 5) is 1.50. The smallest absolute Gasteiger partial charge is 0.379 e. The summed E-state index contributed by atoms with van der Waals surface area (Å²) < 4.78 is 145. The minimum absolute atomic E-state index is 0.0992. The van der Waals surface area contributed by atoms with Crippen molar-refractivity contribution < 1.29 is 62.3 Å². The van der Waals surface area contributed by atoms with Crippen LogP contribution < -0.4 is 0 Å². The molecular weight excluding hydrogens is 497 g/mol.